The number of fused-ring (bicyclic) bond motifs is 6. The zero-order chi connectivity index (χ0) is 19.8. The van der Waals surface area contributed by atoms with Gasteiger partial charge in [0.1, 0.15) is 0 Å². The van der Waals surface area contributed by atoms with Gasteiger partial charge in [0.05, 0.1) is 18.0 Å². The van der Waals surface area contributed by atoms with Crippen LogP contribution in [0.2, 0.25) is 0 Å². The second kappa shape index (κ2) is 6.04. The molecule has 0 spiro atoms. The van der Waals surface area contributed by atoms with Gasteiger partial charge in [-0.2, -0.15) is 0 Å². The molecular formula is C25H31N3O. The highest BCUT2D eigenvalue weighted by atomic mass is 16.3. The van der Waals surface area contributed by atoms with Gasteiger partial charge >= 0.3 is 0 Å². The molecule has 1 N–H and O–H groups in total. The summed E-state index contributed by atoms with van der Waals surface area (Å²) in [5.74, 6) is 3.02. The number of aliphatic hydroxyl groups excluding tert-OH is 1. The number of rotatable bonds is 1. The summed E-state index contributed by atoms with van der Waals surface area (Å²) in [6.07, 6.45) is 18.8. The molecule has 0 bridgehead atoms. The van der Waals surface area contributed by atoms with Crippen molar-refractivity contribution in [3.63, 3.8) is 0 Å². The molecule has 4 nitrogen and oxygen atoms in total. The van der Waals surface area contributed by atoms with Gasteiger partial charge in [0, 0.05) is 12.4 Å². The minimum Gasteiger partial charge on any atom is -0.393 e. The Morgan fingerprint density at radius 3 is 2.79 bits per heavy atom. The quantitative estimate of drug-likeness (QED) is 0.695. The zero-order valence-electron chi connectivity index (χ0n) is 17.5. The third-order valence-electron chi connectivity index (χ3n) is 9.22. The van der Waals surface area contributed by atoms with Gasteiger partial charge < -0.3 is 5.11 Å². The Morgan fingerprint density at radius 1 is 1.03 bits per heavy atom. The van der Waals surface area contributed by atoms with E-state index in [2.05, 4.69) is 46.6 Å². The first-order chi connectivity index (χ1) is 14.0. The van der Waals surface area contributed by atoms with Gasteiger partial charge in [-0.15, -0.1) is 0 Å². The standard InChI is InChI=1S/C25H31N3O/c1-24-10-8-17(29)14-16(24)4-5-18-19-6-7-21(25(19,2)11-9-20(18)24)22-15-27-23-26-12-3-13-28(22)23/h3-4,7,12-13,15,17-20,29H,5-6,8-11,14H2,1-2H3/t17-,18-,19-,20-,24-,25-/m0/s1. The highest BCUT2D eigenvalue weighted by Crippen LogP contribution is 2.66. The summed E-state index contributed by atoms with van der Waals surface area (Å²) in [6, 6.07) is 2.00. The van der Waals surface area contributed by atoms with Crippen molar-refractivity contribution in [2.24, 2.45) is 28.6 Å². The van der Waals surface area contributed by atoms with Gasteiger partial charge in [0.25, 0.3) is 0 Å². The third-order valence-corrected chi connectivity index (χ3v) is 9.22. The van der Waals surface area contributed by atoms with E-state index in [4.69, 9.17) is 0 Å². The molecule has 6 rings (SSSR count). The van der Waals surface area contributed by atoms with Crippen LogP contribution in [0.3, 0.4) is 0 Å². The van der Waals surface area contributed by atoms with Crippen LogP contribution in [-0.2, 0) is 0 Å². The van der Waals surface area contributed by atoms with E-state index in [1.807, 2.05) is 18.5 Å². The predicted molar refractivity (Wildman–Crippen MR) is 114 cm³/mol. The van der Waals surface area contributed by atoms with Crippen LogP contribution < -0.4 is 0 Å². The first-order valence-electron chi connectivity index (χ1n) is 11.4. The van der Waals surface area contributed by atoms with Crippen molar-refractivity contribution in [2.45, 2.75) is 64.9 Å². The predicted octanol–water partition coefficient (Wildman–Crippen LogP) is 5.05. The molecule has 0 aliphatic heterocycles. The van der Waals surface area contributed by atoms with Gasteiger partial charge in [-0.3, -0.25) is 4.40 Å². The lowest BCUT2D eigenvalue weighted by Crippen LogP contribution is -2.49. The molecule has 0 aromatic carbocycles. The van der Waals surface area contributed by atoms with Crippen molar-refractivity contribution in [2.75, 3.05) is 0 Å². The molecule has 0 unspecified atom stereocenters. The van der Waals surface area contributed by atoms with Gasteiger partial charge in [-0.1, -0.05) is 31.6 Å². The number of aromatic nitrogens is 3. The van der Waals surface area contributed by atoms with Gasteiger partial charge in [0.2, 0.25) is 5.78 Å². The Balaban J connectivity index is 1.36. The number of hydrogen-bond donors (Lipinski definition) is 1. The lowest BCUT2D eigenvalue weighted by molar-refractivity contribution is -0.0238. The summed E-state index contributed by atoms with van der Waals surface area (Å²) >= 11 is 0. The monoisotopic (exact) mass is 389 g/mol. The minimum absolute atomic E-state index is 0.122. The molecule has 2 saturated carbocycles. The van der Waals surface area contributed by atoms with E-state index in [1.165, 1.54) is 37.0 Å². The average molecular weight is 390 g/mol. The Labute approximate surface area is 172 Å². The number of imidazole rings is 1. The smallest absolute Gasteiger partial charge is 0.234 e. The van der Waals surface area contributed by atoms with Crippen molar-refractivity contribution in [3.8, 4) is 0 Å². The number of hydrogen-bond acceptors (Lipinski definition) is 3. The molecule has 6 atom stereocenters. The Morgan fingerprint density at radius 2 is 1.90 bits per heavy atom. The largest absolute Gasteiger partial charge is 0.393 e. The maximum Gasteiger partial charge on any atom is 0.234 e. The van der Waals surface area contributed by atoms with Crippen LogP contribution in [0.15, 0.2) is 42.4 Å². The van der Waals surface area contributed by atoms with Crippen LogP contribution in [0.25, 0.3) is 11.4 Å². The van der Waals surface area contributed by atoms with Crippen LogP contribution in [0, 0.1) is 28.6 Å². The molecule has 4 heteroatoms. The lowest BCUT2D eigenvalue weighted by Gasteiger charge is -2.57. The van der Waals surface area contributed by atoms with Crippen LogP contribution in [0.5, 0.6) is 0 Å². The van der Waals surface area contributed by atoms with Crippen molar-refractivity contribution in [1.82, 2.24) is 14.4 Å². The second-order valence-electron chi connectivity index (χ2n) is 10.4. The highest BCUT2D eigenvalue weighted by molar-refractivity contribution is 5.72. The Kier molecular flexibility index (Phi) is 3.72. The van der Waals surface area contributed by atoms with E-state index in [0.717, 1.165) is 36.9 Å². The summed E-state index contributed by atoms with van der Waals surface area (Å²) < 4.78 is 2.16. The summed E-state index contributed by atoms with van der Waals surface area (Å²) in [4.78, 5) is 8.99. The SMILES string of the molecule is C[C@]12CC[C@H](O)CC1=CC[C@@H]1[C@@H]2CC[C@]2(C)C(c3cnc4ncccn34)=CC[C@@H]12. The molecule has 2 aromatic rings. The van der Waals surface area contributed by atoms with E-state index in [0.29, 0.717) is 11.3 Å². The second-order valence-corrected chi connectivity index (χ2v) is 10.4. The fourth-order valence-electron chi connectivity index (χ4n) is 7.63. The molecular weight excluding hydrogens is 358 g/mol. The van der Waals surface area contributed by atoms with E-state index in [9.17, 15) is 5.11 Å². The molecule has 0 radical (unpaired) electrons. The van der Waals surface area contributed by atoms with Crippen molar-refractivity contribution >= 4 is 11.4 Å². The lowest BCUT2D eigenvalue weighted by atomic mass is 9.47. The maximum absolute atomic E-state index is 10.2. The zero-order valence-corrected chi connectivity index (χ0v) is 17.5. The normalized spacial score (nSPS) is 41.3. The molecule has 2 aromatic heterocycles. The van der Waals surface area contributed by atoms with Gasteiger partial charge in [0.15, 0.2) is 0 Å². The van der Waals surface area contributed by atoms with Crippen LogP contribution in [0.4, 0.5) is 0 Å². The molecule has 4 aliphatic rings. The third kappa shape index (κ3) is 2.35. The molecule has 152 valence electrons. The number of allylic oxidation sites excluding steroid dienone is 3. The van der Waals surface area contributed by atoms with Gasteiger partial charge in [-0.25, -0.2) is 9.97 Å². The van der Waals surface area contributed by atoms with E-state index < -0.39 is 0 Å². The molecule has 29 heavy (non-hydrogen) atoms. The summed E-state index contributed by atoms with van der Waals surface area (Å²) in [7, 11) is 0. The summed E-state index contributed by atoms with van der Waals surface area (Å²) in [6.45, 7) is 5.01. The van der Waals surface area contributed by atoms with E-state index in [1.54, 1.807) is 5.57 Å². The molecule has 2 heterocycles. The van der Waals surface area contributed by atoms with Crippen LogP contribution in [0.1, 0.15) is 64.5 Å². The fraction of sp³-hybridized carbons (Fsp3) is 0.600. The fourth-order valence-corrected chi connectivity index (χ4v) is 7.63. The average Bonchev–Trinajstić information content (AvgIpc) is 3.29. The topological polar surface area (TPSA) is 50.4 Å². The van der Waals surface area contributed by atoms with Crippen LogP contribution in [-0.4, -0.2) is 25.6 Å². The Hall–Kier alpha value is -1.94. The summed E-state index contributed by atoms with van der Waals surface area (Å²) in [5, 5.41) is 10.2. The molecule has 4 aliphatic carbocycles. The molecule has 0 amide bonds. The van der Waals surface area contributed by atoms with Crippen LogP contribution >= 0.6 is 0 Å². The highest BCUT2D eigenvalue weighted by Gasteiger charge is 2.57. The van der Waals surface area contributed by atoms with Crippen molar-refractivity contribution in [3.05, 3.63) is 48.1 Å². The van der Waals surface area contributed by atoms with Crippen molar-refractivity contribution in [1.29, 1.82) is 0 Å². The first kappa shape index (κ1) is 17.9. The van der Waals surface area contributed by atoms with E-state index in [-0.39, 0.29) is 11.5 Å². The maximum atomic E-state index is 10.2. The molecule has 2 fully saturated rings. The Bertz CT molecular complexity index is 1040. The number of nitrogens with zero attached hydrogens (tertiary/aromatic N) is 3. The first-order valence-corrected chi connectivity index (χ1v) is 11.4. The van der Waals surface area contributed by atoms with Gasteiger partial charge in [-0.05, 0) is 85.2 Å². The molecule has 0 saturated heterocycles. The number of aliphatic hydroxyl groups is 1. The van der Waals surface area contributed by atoms with E-state index >= 15 is 0 Å². The van der Waals surface area contributed by atoms with Crippen molar-refractivity contribution < 1.29 is 5.11 Å². The minimum atomic E-state index is -0.122. The summed E-state index contributed by atoms with van der Waals surface area (Å²) in [5.41, 5.74) is 4.80.